The number of carbonyl (C=O) groups is 1. The van der Waals surface area contributed by atoms with Crippen molar-refractivity contribution in [3.05, 3.63) is 0 Å². The van der Waals surface area contributed by atoms with Crippen LogP contribution in [0.15, 0.2) is 0 Å². The average molecular weight is 271 g/mol. The van der Waals surface area contributed by atoms with Crippen LogP contribution in [0.25, 0.3) is 0 Å². The maximum Gasteiger partial charge on any atom is 0.220 e. The molecule has 0 aromatic heterocycles. The first-order chi connectivity index (χ1) is 8.69. The molecule has 4 nitrogen and oxygen atoms in total. The molecule has 0 aromatic rings. The molecule has 0 rings (SSSR count). The summed E-state index contributed by atoms with van der Waals surface area (Å²) in [6.45, 7) is 10.1. The van der Waals surface area contributed by atoms with Gasteiger partial charge in [-0.15, -0.1) is 0 Å². The van der Waals surface area contributed by atoms with Crippen LogP contribution in [0.4, 0.5) is 0 Å². The summed E-state index contributed by atoms with van der Waals surface area (Å²) in [7, 11) is 4.11. The maximum absolute atomic E-state index is 11.9. The summed E-state index contributed by atoms with van der Waals surface area (Å²) in [4.78, 5) is 14.1. The second kappa shape index (κ2) is 8.54. The lowest BCUT2D eigenvalue weighted by Crippen LogP contribution is -2.43. The second-order valence-corrected chi connectivity index (χ2v) is 6.78. The molecule has 1 unspecified atom stereocenters. The molecule has 0 aromatic carbocycles. The number of amides is 1. The molecule has 0 saturated heterocycles. The van der Waals surface area contributed by atoms with Crippen molar-refractivity contribution in [2.24, 2.45) is 17.1 Å². The highest BCUT2D eigenvalue weighted by atomic mass is 16.1. The zero-order chi connectivity index (χ0) is 15.1. The van der Waals surface area contributed by atoms with Crippen LogP contribution >= 0.6 is 0 Å². The van der Waals surface area contributed by atoms with Gasteiger partial charge in [-0.05, 0) is 44.8 Å². The molecule has 0 saturated carbocycles. The zero-order valence-electron chi connectivity index (χ0n) is 13.6. The molecule has 1 atom stereocenters. The first kappa shape index (κ1) is 18.4. The summed E-state index contributed by atoms with van der Waals surface area (Å²) in [5.41, 5.74) is 5.74. The molecule has 1 amide bonds. The fraction of sp³-hybridized carbons (Fsp3) is 0.933. The van der Waals surface area contributed by atoms with E-state index in [1.807, 2.05) is 0 Å². The third kappa shape index (κ3) is 8.22. The Labute approximate surface area is 119 Å². The van der Waals surface area contributed by atoms with E-state index in [2.05, 4.69) is 52.0 Å². The van der Waals surface area contributed by atoms with Crippen LogP contribution in [-0.2, 0) is 4.79 Å². The summed E-state index contributed by atoms with van der Waals surface area (Å²) in [6, 6.07) is 0.390. The van der Waals surface area contributed by atoms with Gasteiger partial charge < -0.3 is 16.0 Å². The lowest BCUT2D eigenvalue weighted by atomic mass is 9.84. The van der Waals surface area contributed by atoms with Crippen molar-refractivity contribution < 1.29 is 4.79 Å². The van der Waals surface area contributed by atoms with E-state index >= 15 is 0 Å². The van der Waals surface area contributed by atoms with Gasteiger partial charge in [0.15, 0.2) is 0 Å². The molecule has 3 N–H and O–H groups in total. The Morgan fingerprint density at radius 3 is 2.26 bits per heavy atom. The van der Waals surface area contributed by atoms with Crippen LogP contribution < -0.4 is 11.1 Å². The van der Waals surface area contributed by atoms with E-state index in [0.717, 1.165) is 19.4 Å². The summed E-state index contributed by atoms with van der Waals surface area (Å²) < 4.78 is 0. The number of hydrogen-bond donors (Lipinski definition) is 2. The molecule has 19 heavy (non-hydrogen) atoms. The minimum atomic E-state index is 0.151. The Kier molecular flexibility index (Phi) is 8.26. The lowest BCUT2D eigenvalue weighted by Gasteiger charge is -2.28. The number of nitrogens with zero attached hydrogens (tertiary/aromatic N) is 1. The van der Waals surface area contributed by atoms with Crippen LogP contribution in [-0.4, -0.2) is 44.0 Å². The van der Waals surface area contributed by atoms with Gasteiger partial charge in [0.05, 0.1) is 0 Å². The predicted molar refractivity (Wildman–Crippen MR) is 82.0 cm³/mol. The quantitative estimate of drug-likeness (QED) is 0.673. The molecule has 4 heteroatoms. The van der Waals surface area contributed by atoms with Crippen molar-refractivity contribution in [2.45, 2.75) is 53.0 Å². The van der Waals surface area contributed by atoms with Gasteiger partial charge in [0.1, 0.15) is 0 Å². The number of likely N-dealkylation sites (N-methyl/N-ethyl adjacent to an activating group) is 1. The fourth-order valence-electron chi connectivity index (χ4n) is 2.29. The highest BCUT2D eigenvalue weighted by Gasteiger charge is 2.20. The standard InChI is InChI=1S/C15H33N3O/c1-12(2)13(18(5)6)11-17-14(19)7-8-15(3,4)9-10-16/h12-13H,7-11,16H2,1-6H3,(H,17,19). The van der Waals surface area contributed by atoms with Crippen LogP contribution in [0, 0.1) is 11.3 Å². The van der Waals surface area contributed by atoms with Gasteiger partial charge >= 0.3 is 0 Å². The van der Waals surface area contributed by atoms with Gasteiger partial charge in [-0.25, -0.2) is 0 Å². The maximum atomic E-state index is 11.9. The first-order valence-electron chi connectivity index (χ1n) is 7.33. The Hall–Kier alpha value is -0.610. The van der Waals surface area contributed by atoms with E-state index < -0.39 is 0 Å². The van der Waals surface area contributed by atoms with Gasteiger partial charge in [-0.2, -0.15) is 0 Å². The van der Waals surface area contributed by atoms with Crippen molar-refractivity contribution in [1.29, 1.82) is 0 Å². The number of nitrogens with one attached hydrogen (secondary N) is 1. The van der Waals surface area contributed by atoms with E-state index in [1.54, 1.807) is 0 Å². The molecular weight excluding hydrogens is 238 g/mol. The molecule has 0 fully saturated rings. The highest BCUT2D eigenvalue weighted by molar-refractivity contribution is 5.75. The molecule has 0 aliphatic rings. The minimum absolute atomic E-state index is 0.151. The minimum Gasteiger partial charge on any atom is -0.355 e. The number of hydrogen-bond acceptors (Lipinski definition) is 3. The van der Waals surface area contributed by atoms with Crippen LogP contribution in [0.5, 0.6) is 0 Å². The lowest BCUT2D eigenvalue weighted by molar-refractivity contribution is -0.121. The van der Waals surface area contributed by atoms with Gasteiger partial charge in [-0.3, -0.25) is 4.79 Å². The van der Waals surface area contributed by atoms with E-state index in [1.165, 1.54) is 0 Å². The average Bonchev–Trinajstić information content (AvgIpc) is 2.25. The Balaban J connectivity index is 4.05. The molecule has 0 bridgehead atoms. The highest BCUT2D eigenvalue weighted by Crippen LogP contribution is 2.25. The molecule has 0 radical (unpaired) electrons. The van der Waals surface area contributed by atoms with Gasteiger partial charge in [0.2, 0.25) is 5.91 Å². The predicted octanol–water partition coefficient (Wildman–Crippen LogP) is 1.84. The van der Waals surface area contributed by atoms with Gasteiger partial charge in [0.25, 0.3) is 0 Å². The van der Waals surface area contributed by atoms with Crippen LogP contribution in [0.3, 0.4) is 0 Å². The van der Waals surface area contributed by atoms with Crippen molar-refractivity contribution >= 4 is 5.91 Å². The van der Waals surface area contributed by atoms with Crippen molar-refractivity contribution in [2.75, 3.05) is 27.2 Å². The molecule has 0 aliphatic heterocycles. The normalized spacial score (nSPS) is 13.9. The van der Waals surface area contributed by atoms with Gasteiger partial charge in [-0.1, -0.05) is 27.7 Å². The van der Waals surface area contributed by atoms with Crippen molar-refractivity contribution in [3.63, 3.8) is 0 Å². The fourth-order valence-corrected chi connectivity index (χ4v) is 2.29. The van der Waals surface area contributed by atoms with E-state index in [9.17, 15) is 4.79 Å². The number of rotatable bonds is 9. The van der Waals surface area contributed by atoms with Gasteiger partial charge in [0, 0.05) is 19.0 Å². The SMILES string of the molecule is CC(C)C(CNC(=O)CCC(C)(C)CCN)N(C)C. The van der Waals surface area contributed by atoms with E-state index in [0.29, 0.717) is 24.9 Å². The van der Waals surface area contributed by atoms with E-state index in [4.69, 9.17) is 5.73 Å². The van der Waals surface area contributed by atoms with Crippen molar-refractivity contribution in [1.82, 2.24) is 10.2 Å². The molecule has 114 valence electrons. The summed E-state index contributed by atoms with van der Waals surface area (Å²) >= 11 is 0. The van der Waals surface area contributed by atoms with Crippen molar-refractivity contribution in [3.8, 4) is 0 Å². The third-order valence-electron chi connectivity index (χ3n) is 3.79. The topological polar surface area (TPSA) is 58.4 Å². The third-order valence-corrected chi connectivity index (χ3v) is 3.79. The zero-order valence-corrected chi connectivity index (χ0v) is 13.6. The Morgan fingerprint density at radius 1 is 1.26 bits per heavy atom. The van der Waals surface area contributed by atoms with Crippen LogP contribution in [0.1, 0.15) is 47.0 Å². The number of nitrogens with two attached hydrogens (primary N) is 1. The molecule has 0 heterocycles. The second-order valence-electron chi connectivity index (χ2n) is 6.78. The number of carbonyl (C=O) groups excluding carboxylic acids is 1. The molecule has 0 spiro atoms. The Morgan fingerprint density at radius 2 is 1.84 bits per heavy atom. The summed E-state index contributed by atoms with van der Waals surface area (Å²) in [5, 5.41) is 3.05. The van der Waals surface area contributed by atoms with E-state index in [-0.39, 0.29) is 11.3 Å². The largest absolute Gasteiger partial charge is 0.355 e. The van der Waals surface area contributed by atoms with Crippen LogP contribution in [0.2, 0.25) is 0 Å². The molecular formula is C15H33N3O. The monoisotopic (exact) mass is 271 g/mol. The Bertz CT molecular complexity index is 254. The summed E-state index contributed by atoms with van der Waals surface area (Å²) in [5.74, 6) is 0.682. The molecule has 0 aliphatic carbocycles. The first-order valence-corrected chi connectivity index (χ1v) is 7.33. The summed E-state index contributed by atoms with van der Waals surface area (Å²) in [6.07, 6.45) is 2.45. The smallest absolute Gasteiger partial charge is 0.220 e.